The van der Waals surface area contributed by atoms with E-state index in [-0.39, 0.29) is 25.9 Å². The maximum absolute atomic E-state index is 11.1. The number of nitrogens with one attached hydrogen (secondary N) is 2. The van der Waals surface area contributed by atoms with Crippen LogP contribution >= 0.6 is 0 Å². The Hall–Kier alpha value is -2.12. The van der Waals surface area contributed by atoms with E-state index in [1.165, 1.54) is 14.2 Å². The monoisotopic (exact) mass is 260 g/mol. The molecule has 0 atom stereocenters. The topological polar surface area (TPSA) is 111 Å². The fourth-order valence-electron chi connectivity index (χ4n) is 0.935. The van der Waals surface area contributed by atoms with Crippen molar-refractivity contribution in [3.05, 3.63) is 0 Å². The Morgan fingerprint density at radius 2 is 1.11 bits per heavy atom. The lowest BCUT2D eigenvalue weighted by Crippen LogP contribution is -2.36. The molecule has 2 N–H and O–H groups in total. The summed E-state index contributed by atoms with van der Waals surface area (Å²) in [6, 6.07) is 0. The summed E-state index contributed by atoms with van der Waals surface area (Å²) >= 11 is 0. The van der Waals surface area contributed by atoms with Crippen LogP contribution in [0.2, 0.25) is 0 Å². The fraction of sp³-hybridized carbons (Fsp3) is 0.600. The number of esters is 2. The first-order chi connectivity index (χ1) is 8.49. The van der Waals surface area contributed by atoms with E-state index in [1.807, 2.05) is 0 Å². The number of carbonyl (C=O) groups is 4. The average molecular weight is 260 g/mol. The third-order valence-corrected chi connectivity index (χ3v) is 1.83. The lowest BCUT2D eigenvalue weighted by atomic mass is 10.4. The first kappa shape index (κ1) is 15.9. The molecule has 8 nitrogen and oxygen atoms in total. The van der Waals surface area contributed by atoms with Crippen LogP contribution in [0.5, 0.6) is 0 Å². The molecule has 0 fully saturated rings. The van der Waals surface area contributed by atoms with Gasteiger partial charge in [-0.15, -0.1) is 0 Å². The van der Waals surface area contributed by atoms with Crippen molar-refractivity contribution in [1.82, 2.24) is 10.6 Å². The Morgan fingerprint density at radius 3 is 1.39 bits per heavy atom. The Kier molecular flexibility index (Phi) is 7.91. The molecule has 18 heavy (non-hydrogen) atoms. The van der Waals surface area contributed by atoms with Gasteiger partial charge in [-0.3, -0.25) is 19.2 Å². The molecule has 0 aliphatic heterocycles. The van der Waals surface area contributed by atoms with Gasteiger partial charge in [0.05, 0.1) is 14.2 Å². The Bertz CT molecular complexity index is 296. The van der Waals surface area contributed by atoms with Gasteiger partial charge in [-0.2, -0.15) is 0 Å². The molecule has 2 amide bonds. The molecule has 0 radical (unpaired) electrons. The van der Waals surface area contributed by atoms with Crippen LogP contribution in [0.1, 0.15) is 12.8 Å². The zero-order valence-electron chi connectivity index (χ0n) is 10.3. The van der Waals surface area contributed by atoms with Crippen LogP contribution in [0, 0.1) is 0 Å². The fourth-order valence-corrected chi connectivity index (χ4v) is 0.935. The van der Waals surface area contributed by atoms with Crippen molar-refractivity contribution in [3.8, 4) is 0 Å². The molecule has 0 unspecified atom stereocenters. The van der Waals surface area contributed by atoms with E-state index in [0.717, 1.165) is 0 Å². The quantitative estimate of drug-likeness (QED) is 0.322. The normalized spacial score (nSPS) is 9.22. The van der Waals surface area contributed by atoms with E-state index >= 15 is 0 Å². The van der Waals surface area contributed by atoms with Crippen molar-refractivity contribution in [2.75, 3.05) is 27.3 Å². The lowest BCUT2D eigenvalue weighted by Gasteiger charge is -2.06. The Morgan fingerprint density at radius 1 is 0.778 bits per heavy atom. The van der Waals surface area contributed by atoms with E-state index in [9.17, 15) is 19.2 Å². The molecule has 0 aromatic carbocycles. The first-order valence-corrected chi connectivity index (χ1v) is 5.16. The molecule has 0 aromatic rings. The average Bonchev–Trinajstić information content (AvgIpc) is 2.34. The lowest BCUT2D eigenvalue weighted by molar-refractivity contribution is -0.145. The Labute approximate surface area is 104 Å². The molecular formula is C10H16N2O6. The van der Waals surface area contributed by atoms with Crippen LogP contribution in [0.15, 0.2) is 0 Å². The predicted octanol–water partition coefficient (Wildman–Crippen LogP) is -1.65. The van der Waals surface area contributed by atoms with Gasteiger partial charge in [0.25, 0.3) is 0 Å². The summed E-state index contributed by atoms with van der Waals surface area (Å²) in [7, 11) is 2.37. The molecule has 102 valence electrons. The van der Waals surface area contributed by atoms with Gasteiger partial charge in [0, 0.05) is 13.1 Å². The molecule has 0 saturated carbocycles. The summed E-state index contributed by atoms with van der Waals surface area (Å²) in [5.41, 5.74) is 0. The SMILES string of the molecule is COC(=O)CC(=O)NCCNC(=O)CC(=O)OC. The number of hydrogen-bond donors (Lipinski definition) is 2. The van der Waals surface area contributed by atoms with E-state index < -0.39 is 23.8 Å². The summed E-state index contributed by atoms with van der Waals surface area (Å²) in [4.78, 5) is 43.6. The standard InChI is InChI=1S/C10H16N2O6/c1-17-9(15)5-7(13)11-3-4-12-8(14)6-10(16)18-2/h3-6H2,1-2H3,(H,11,13)(H,12,14). The molecular weight excluding hydrogens is 244 g/mol. The van der Waals surface area contributed by atoms with Gasteiger partial charge in [-0.25, -0.2) is 0 Å². The predicted molar refractivity (Wildman–Crippen MR) is 59.3 cm³/mol. The Balaban J connectivity index is 3.61. The third kappa shape index (κ3) is 8.08. The minimum Gasteiger partial charge on any atom is -0.469 e. The largest absolute Gasteiger partial charge is 0.469 e. The van der Waals surface area contributed by atoms with Crippen molar-refractivity contribution >= 4 is 23.8 Å². The molecule has 0 heterocycles. The summed E-state index contributed by atoms with van der Waals surface area (Å²) < 4.78 is 8.60. The van der Waals surface area contributed by atoms with Crippen molar-refractivity contribution < 1.29 is 28.7 Å². The molecule has 0 bridgehead atoms. The number of hydrogen-bond acceptors (Lipinski definition) is 6. The van der Waals surface area contributed by atoms with Crippen molar-refractivity contribution in [2.24, 2.45) is 0 Å². The van der Waals surface area contributed by atoms with E-state index in [2.05, 4.69) is 20.1 Å². The van der Waals surface area contributed by atoms with E-state index in [0.29, 0.717) is 0 Å². The van der Waals surface area contributed by atoms with Crippen molar-refractivity contribution in [1.29, 1.82) is 0 Å². The second kappa shape index (κ2) is 8.97. The first-order valence-electron chi connectivity index (χ1n) is 5.16. The van der Waals surface area contributed by atoms with Gasteiger partial charge in [0.1, 0.15) is 12.8 Å². The van der Waals surface area contributed by atoms with Gasteiger partial charge in [0.15, 0.2) is 0 Å². The van der Waals surface area contributed by atoms with Crippen LogP contribution < -0.4 is 10.6 Å². The number of methoxy groups -OCH3 is 2. The van der Waals surface area contributed by atoms with Crippen LogP contribution in [0.25, 0.3) is 0 Å². The molecule has 0 rings (SSSR count). The summed E-state index contributed by atoms with van der Waals surface area (Å²) in [5.74, 6) is -2.27. The minimum atomic E-state index is -0.637. The molecule has 0 aliphatic rings. The highest BCUT2D eigenvalue weighted by molar-refractivity contribution is 5.95. The van der Waals surface area contributed by atoms with Gasteiger partial charge in [0.2, 0.25) is 11.8 Å². The maximum Gasteiger partial charge on any atom is 0.315 e. The molecule has 0 aliphatic carbocycles. The van der Waals surface area contributed by atoms with Crippen LogP contribution in [0.3, 0.4) is 0 Å². The highest BCUT2D eigenvalue weighted by Crippen LogP contribution is 1.84. The van der Waals surface area contributed by atoms with Crippen LogP contribution in [-0.2, 0) is 28.7 Å². The van der Waals surface area contributed by atoms with Crippen molar-refractivity contribution in [3.63, 3.8) is 0 Å². The summed E-state index contributed by atoms with van der Waals surface area (Å²) in [5, 5.41) is 4.80. The second-order valence-electron chi connectivity index (χ2n) is 3.21. The zero-order chi connectivity index (χ0) is 14.0. The number of ether oxygens (including phenoxy) is 2. The van der Waals surface area contributed by atoms with Crippen LogP contribution in [0.4, 0.5) is 0 Å². The minimum absolute atomic E-state index is 0.155. The maximum atomic E-state index is 11.1. The second-order valence-corrected chi connectivity index (χ2v) is 3.21. The number of carbonyl (C=O) groups excluding carboxylic acids is 4. The zero-order valence-corrected chi connectivity index (χ0v) is 10.3. The number of amides is 2. The highest BCUT2D eigenvalue weighted by atomic mass is 16.5. The smallest absolute Gasteiger partial charge is 0.315 e. The van der Waals surface area contributed by atoms with E-state index in [1.54, 1.807) is 0 Å². The summed E-state index contributed by atoms with van der Waals surface area (Å²) in [6.45, 7) is 0.311. The molecule has 0 saturated heterocycles. The highest BCUT2D eigenvalue weighted by Gasteiger charge is 2.10. The summed E-state index contributed by atoms with van der Waals surface area (Å²) in [6.07, 6.45) is -0.737. The van der Waals surface area contributed by atoms with Crippen molar-refractivity contribution in [2.45, 2.75) is 12.8 Å². The van der Waals surface area contributed by atoms with Crippen LogP contribution in [-0.4, -0.2) is 51.1 Å². The third-order valence-electron chi connectivity index (χ3n) is 1.83. The molecule has 0 aromatic heterocycles. The van der Waals surface area contributed by atoms with Gasteiger partial charge in [-0.1, -0.05) is 0 Å². The number of rotatable bonds is 7. The molecule has 8 heteroatoms. The van der Waals surface area contributed by atoms with Gasteiger partial charge < -0.3 is 20.1 Å². The van der Waals surface area contributed by atoms with E-state index in [4.69, 9.17) is 0 Å². The van der Waals surface area contributed by atoms with Gasteiger partial charge >= 0.3 is 11.9 Å². The molecule has 0 spiro atoms. The van der Waals surface area contributed by atoms with Gasteiger partial charge in [-0.05, 0) is 0 Å².